The maximum atomic E-state index is 10.7. The highest BCUT2D eigenvalue weighted by atomic mass is 32.2. The molecule has 2 heterocycles. The van der Waals surface area contributed by atoms with Gasteiger partial charge in [-0.1, -0.05) is 0 Å². The number of imidazole rings is 1. The molecule has 1 aliphatic rings. The van der Waals surface area contributed by atoms with E-state index in [2.05, 4.69) is 15.0 Å². The van der Waals surface area contributed by atoms with Crippen LogP contribution in [-0.2, 0) is 21.9 Å². The average Bonchev–Trinajstić information content (AvgIpc) is 2.93. The molecule has 2 aromatic heterocycles. The molecule has 1 saturated carbocycles. The topological polar surface area (TPSA) is 133 Å². The third-order valence-corrected chi connectivity index (χ3v) is 5.35. The zero-order valence-corrected chi connectivity index (χ0v) is 14.9. The van der Waals surface area contributed by atoms with E-state index in [9.17, 15) is 8.42 Å². The minimum atomic E-state index is -3.91. The maximum Gasteiger partial charge on any atom is 0.264 e. The molecule has 0 spiro atoms. The predicted molar refractivity (Wildman–Crippen MR) is 92.7 cm³/mol. The fraction of sp³-hybridized carbons (Fsp3) is 0.667. The molecule has 3 N–H and O–H groups in total. The zero-order chi connectivity index (χ0) is 18.0. The lowest BCUT2D eigenvalue weighted by Crippen LogP contribution is -2.23. The van der Waals surface area contributed by atoms with E-state index < -0.39 is 10.1 Å². The Morgan fingerprint density at radius 2 is 2.04 bits per heavy atom. The highest BCUT2D eigenvalue weighted by Gasteiger charge is 2.26. The summed E-state index contributed by atoms with van der Waals surface area (Å²) in [5, 5.41) is 0. The van der Waals surface area contributed by atoms with Gasteiger partial charge in [-0.15, -0.1) is 0 Å². The Morgan fingerprint density at radius 3 is 2.72 bits per heavy atom. The first-order valence-electron chi connectivity index (χ1n) is 8.34. The van der Waals surface area contributed by atoms with Crippen LogP contribution >= 0.6 is 0 Å². The van der Waals surface area contributed by atoms with Crippen LogP contribution in [0.15, 0.2) is 6.33 Å². The SMILES string of the molecule is Cn1cnc2c(N)nc([C@H]3CC[C@H](OCCCS(=O)(=O)O)CC3)nc21. The van der Waals surface area contributed by atoms with E-state index in [0.717, 1.165) is 37.2 Å². The summed E-state index contributed by atoms with van der Waals surface area (Å²) in [6.07, 6.45) is 5.60. The van der Waals surface area contributed by atoms with Crippen molar-refractivity contribution in [3.05, 3.63) is 12.2 Å². The fourth-order valence-corrected chi connectivity index (χ4v) is 3.69. The molecule has 0 amide bonds. The van der Waals surface area contributed by atoms with Crippen LogP contribution in [-0.4, -0.2) is 51.0 Å². The van der Waals surface area contributed by atoms with Gasteiger partial charge >= 0.3 is 0 Å². The summed E-state index contributed by atoms with van der Waals surface area (Å²) in [4.78, 5) is 13.2. The number of rotatable bonds is 6. The molecule has 2 aromatic rings. The van der Waals surface area contributed by atoms with Gasteiger partial charge in [0.1, 0.15) is 11.3 Å². The first kappa shape index (κ1) is 18.0. The molecule has 0 bridgehead atoms. The molecular formula is C15H23N5O4S. The summed E-state index contributed by atoms with van der Waals surface area (Å²) < 4.78 is 37.6. The van der Waals surface area contributed by atoms with E-state index in [-0.39, 0.29) is 17.8 Å². The molecule has 10 heteroatoms. The molecule has 1 aliphatic carbocycles. The molecule has 138 valence electrons. The van der Waals surface area contributed by atoms with E-state index in [4.69, 9.17) is 15.0 Å². The van der Waals surface area contributed by atoms with E-state index in [1.807, 2.05) is 11.6 Å². The van der Waals surface area contributed by atoms with Crippen molar-refractivity contribution in [2.75, 3.05) is 18.1 Å². The minimum absolute atomic E-state index is 0.107. The standard InChI is InChI=1S/C15H23N5O4S/c1-20-9-17-12-13(16)18-14(19-15(12)20)10-3-5-11(6-4-10)24-7-2-8-25(21,22)23/h9-11H,2-8H2,1H3,(H2,16,18,19)(H,21,22,23)/t10-,11-. The van der Waals surface area contributed by atoms with Crippen molar-refractivity contribution in [1.29, 1.82) is 0 Å². The van der Waals surface area contributed by atoms with Crippen LogP contribution < -0.4 is 5.73 Å². The van der Waals surface area contributed by atoms with Crippen molar-refractivity contribution in [2.45, 2.75) is 44.1 Å². The Bertz CT molecular complexity index is 843. The van der Waals surface area contributed by atoms with Gasteiger partial charge in [-0.25, -0.2) is 15.0 Å². The van der Waals surface area contributed by atoms with Gasteiger partial charge in [0.15, 0.2) is 11.5 Å². The Balaban J connectivity index is 1.55. The molecule has 0 saturated heterocycles. The second kappa shape index (κ2) is 7.22. The Kier molecular flexibility index (Phi) is 5.21. The lowest BCUT2D eigenvalue weighted by molar-refractivity contribution is 0.0247. The van der Waals surface area contributed by atoms with Crippen LogP contribution in [0.5, 0.6) is 0 Å². The molecule has 1 fully saturated rings. The summed E-state index contributed by atoms with van der Waals surface area (Å²) in [5.74, 6) is 1.13. The van der Waals surface area contributed by atoms with Crippen molar-refractivity contribution in [3.8, 4) is 0 Å². The average molecular weight is 369 g/mol. The van der Waals surface area contributed by atoms with Crippen LogP contribution in [0, 0.1) is 0 Å². The minimum Gasteiger partial charge on any atom is -0.382 e. The van der Waals surface area contributed by atoms with Gasteiger partial charge in [0.05, 0.1) is 18.2 Å². The van der Waals surface area contributed by atoms with E-state index in [0.29, 0.717) is 24.4 Å². The van der Waals surface area contributed by atoms with Gasteiger partial charge in [0, 0.05) is 19.6 Å². The third kappa shape index (κ3) is 4.44. The molecule has 0 unspecified atom stereocenters. The number of fused-ring (bicyclic) bond motifs is 1. The van der Waals surface area contributed by atoms with Crippen LogP contribution in [0.1, 0.15) is 43.8 Å². The van der Waals surface area contributed by atoms with Gasteiger partial charge < -0.3 is 15.0 Å². The number of hydrogen-bond donors (Lipinski definition) is 2. The zero-order valence-electron chi connectivity index (χ0n) is 14.1. The van der Waals surface area contributed by atoms with Crippen LogP contribution in [0.2, 0.25) is 0 Å². The molecule has 9 nitrogen and oxygen atoms in total. The third-order valence-electron chi connectivity index (χ3n) is 4.54. The van der Waals surface area contributed by atoms with E-state index >= 15 is 0 Å². The lowest BCUT2D eigenvalue weighted by Gasteiger charge is -2.27. The molecule has 0 aliphatic heterocycles. The van der Waals surface area contributed by atoms with Gasteiger partial charge in [-0.05, 0) is 32.1 Å². The van der Waals surface area contributed by atoms with E-state index in [1.54, 1.807) is 6.33 Å². The first-order valence-corrected chi connectivity index (χ1v) is 9.95. The highest BCUT2D eigenvalue weighted by molar-refractivity contribution is 7.85. The fourth-order valence-electron chi connectivity index (χ4n) is 3.21. The number of ether oxygens (including phenoxy) is 1. The Hall–Kier alpha value is -1.78. The van der Waals surface area contributed by atoms with Gasteiger partial charge in [0.2, 0.25) is 0 Å². The molecule has 0 aromatic carbocycles. The second-order valence-corrected chi connectivity index (χ2v) is 8.05. The number of hydrogen-bond acceptors (Lipinski definition) is 7. The number of nitrogens with two attached hydrogens (primary N) is 1. The van der Waals surface area contributed by atoms with Crippen LogP contribution in [0.25, 0.3) is 11.2 Å². The number of nitrogen functional groups attached to an aromatic ring is 1. The summed E-state index contributed by atoms with van der Waals surface area (Å²) in [6.45, 7) is 0.333. The van der Waals surface area contributed by atoms with Crippen molar-refractivity contribution in [1.82, 2.24) is 19.5 Å². The van der Waals surface area contributed by atoms with Gasteiger partial charge in [-0.2, -0.15) is 8.42 Å². The summed E-state index contributed by atoms with van der Waals surface area (Å²) in [7, 11) is -2.03. The summed E-state index contributed by atoms with van der Waals surface area (Å²) >= 11 is 0. The first-order chi connectivity index (χ1) is 11.8. The number of anilines is 1. The number of aryl methyl sites for hydroxylation is 1. The molecular weight excluding hydrogens is 346 g/mol. The Labute approximate surface area is 146 Å². The number of aromatic nitrogens is 4. The molecule has 0 radical (unpaired) electrons. The van der Waals surface area contributed by atoms with Gasteiger partial charge in [0.25, 0.3) is 10.1 Å². The lowest BCUT2D eigenvalue weighted by atomic mass is 9.86. The van der Waals surface area contributed by atoms with Crippen molar-refractivity contribution in [2.24, 2.45) is 7.05 Å². The smallest absolute Gasteiger partial charge is 0.264 e. The monoisotopic (exact) mass is 369 g/mol. The largest absolute Gasteiger partial charge is 0.382 e. The highest BCUT2D eigenvalue weighted by Crippen LogP contribution is 2.33. The maximum absolute atomic E-state index is 10.7. The van der Waals surface area contributed by atoms with Gasteiger partial charge in [-0.3, -0.25) is 4.55 Å². The molecule has 0 atom stereocenters. The van der Waals surface area contributed by atoms with Crippen LogP contribution in [0.4, 0.5) is 5.82 Å². The van der Waals surface area contributed by atoms with Crippen molar-refractivity contribution < 1.29 is 17.7 Å². The van der Waals surface area contributed by atoms with Crippen LogP contribution in [0.3, 0.4) is 0 Å². The summed E-state index contributed by atoms with van der Waals surface area (Å²) in [6, 6.07) is 0. The summed E-state index contributed by atoms with van der Waals surface area (Å²) in [5.41, 5.74) is 7.37. The molecule has 25 heavy (non-hydrogen) atoms. The number of nitrogens with zero attached hydrogens (tertiary/aromatic N) is 4. The Morgan fingerprint density at radius 1 is 1.32 bits per heavy atom. The van der Waals surface area contributed by atoms with Crippen molar-refractivity contribution in [3.63, 3.8) is 0 Å². The second-order valence-electron chi connectivity index (χ2n) is 6.48. The predicted octanol–water partition coefficient (Wildman–Crippen LogP) is 1.27. The van der Waals surface area contributed by atoms with E-state index in [1.165, 1.54) is 0 Å². The molecule has 3 rings (SSSR count). The quantitative estimate of drug-likeness (QED) is 0.574. The van der Waals surface area contributed by atoms with Crippen molar-refractivity contribution >= 4 is 27.1 Å². The normalized spacial score (nSPS) is 21.7.